The lowest BCUT2D eigenvalue weighted by Gasteiger charge is -2.23. The van der Waals surface area contributed by atoms with Crippen LogP contribution in [0.4, 0.5) is 4.79 Å². The maximum absolute atomic E-state index is 11.0. The van der Waals surface area contributed by atoms with Gasteiger partial charge in [0, 0.05) is 18.9 Å². The molecule has 80 valence electrons. The topological polar surface area (TPSA) is 66.4 Å². The third kappa shape index (κ3) is 3.77. The van der Waals surface area contributed by atoms with E-state index in [-0.39, 0.29) is 6.04 Å². The predicted molar refractivity (Wildman–Crippen MR) is 52.2 cm³/mol. The van der Waals surface area contributed by atoms with Crippen molar-refractivity contribution < 1.29 is 14.7 Å². The number of amides is 1. The first kappa shape index (κ1) is 11.0. The lowest BCUT2D eigenvalue weighted by molar-refractivity contribution is -0.121. The number of nitrogens with one attached hydrogen (secondary N) is 1. The molecule has 0 unspecified atom stereocenters. The summed E-state index contributed by atoms with van der Waals surface area (Å²) in [5.74, 6) is 0.856. The molecular formula is C10H17NO3. The van der Waals surface area contributed by atoms with Crippen LogP contribution in [0.15, 0.2) is 0 Å². The van der Waals surface area contributed by atoms with Gasteiger partial charge in [-0.2, -0.15) is 0 Å². The fourth-order valence-electron chi connectivity index (χ4n) is 2.00. The van der Waals surface area contributed by atoms with Crippen LogP contribution in [0.1, 0.15) is 39.0 Å². The lowest BCUT2D eigenvalue weighted by Crippen LogP contribution is -2.33. The molecule has 1 saturated carbocycles. The van der Waals surface area contributed by atoms with Gasteiger partial charge in [0.15, 0.2) is 0 Å². The van der Waals surface area contributed by atoms with Gasteiger partial charge in [-0.3, -0.25) is 4.79 Å². The molecule has 1 fully saturated rings. The second-order valence-corrected chi connectivity index (χ2v) is 4.07. The Hall–Kier alpha value is -1.06. The van der Waals surface area contributed by atoms with Crippen LogP contribution in [0, 0.1) is 5.92 Å². The molecule has 1 rings (SSSR count). The van der Waals surface area contributed by atoms with E-state index in [0.717, 1.165) is 19.3 Å². The first-order valence-electron chi connectivity index (χ1n) is 5.09. The highest BCUT2D eigenvalue weighted by Gasteiger charge is 2.20. The summed E-state index contributed by atoms with van der Waals surface area (Å²) in [6.45, 7) is 1.87. The number of Topliss-reactive ketones (excluding diaryl/α,β-unsaturated/α-hetero) is 1. The molecule has 0 aromatic rings. The first-order valence-corrected chi connectivity index (χ1v) is 5.09. The van der Waals surface area contributed by atoms with Crippen molar-refractivity contribution >= 4 is 11.9 Å². The minimum atomic E-state index is -0.968. The van der Waals surface area contributed by atoms with Gasteiger partial charge in [-0.15, -0.1) is 0 Å². The van der Waals surface area contributed by atoms with E-state index in [1.54, 1.807) is 0 Å². The third-order valence-electron chi connectivity index (χ3n) is 2.72. The summed E-state index contributed by atoms with van der Waals surface area (Å²) in [4.78, 5) is 21.3. The second kappa shape index (κ2) is 4.98. The summed E-state index contributed by atoms with van der Waals surface area (Å²) < 4.78 is 0. The first-order chi connectivity index (χ1) is 6.58. The van der Waals surface area contributed by atoms with Crippen molar-refractivity contribution in [1.29, 1.82) is 0 Å². The summed E-state index contributed by atoms with van der Waals surface area (Å²) in [5, 5.41) is 10.9. The zero-order chi connectivity index (χ0) is 10.6. The van der Waals surface area contributed by atoms with Crippen molar-refractivity contribution in [1.82, 2.24) is 5.32 Å². The number of hydrogen-bond donors (Lipinski definition) is 2. The predicted octanol–water partition coefficient (Wildman–Crippen LogP) is 1.79. The van der Waals surface area contributed by atoms with Crippen molar-refractivity contribution in [3.63, 3.8) is 0 Å². The van der Waals surface area contributed by atoms with Crippen molar-refractivity contribution in [2.45, 2.75) is 45.1 Å². The monoisotopic (exact) mass is 199 g/mol. The molecule has 0 aliphatic heterocycles. The molecule has 2 N–H and O–H groups in total. The van der Waals surface area contributed by atoms with Crippen LogP contribution in [0.3, 0.4) is 0 Å². The standard InChI is InChI=1S/C10H17NO3/c1-7(11-10(13)14)6-8-2-4-9(12)5-3-8/h7-8,11H,2-6H2,1H3,(H,13,14)/t7-/m0/s1. The van der Waals surface area contributed by atoms with E-state index >= 15 is 0 Å². The minimum Gasteiger partial charge on any atom is -0.465 e. The van der Waals surface area contributed by atoms with Gasteiger partial charge in [0.25, 0.3) is 0 Å². The molecule has 0 heterocycles. The summed E-state index contributed by atoms with van der Waals surface area (Å²) in [6.07, 6.45) is 3.06. The Labute approximate surface area is 83.7 Å². The Balaban J connectivity index is 2.23. The normalized spacial score (nSPS) is 20.5. The SMILES string of the molecule is C[C@@H](CC1CCC(=O)CC1)NC(=O)O. The van der Waals surface area contributed by atoms with Crippen molar-refractivity contribution in [2.75, 3.05) is 0 Å². The van der Waals surface area contributed by atoms with Crippen LogP contribution < -0.4 is 5.32 Å². The zero-order valence-electron chi connectivity index (χ0n) is 8.45. The van der Waals surface area contributed by atoms with Gasteiger partial charge in [0.05, 0.1) is 0 Å². The summed E-state index contributed by atoms with van der Waals surface area (Å²) >= 11 is 0. The molecule has 1 aliphatic carbocycles. The second-order valence-electron chi connectivity index (χ2n) is 4.07. The van der Waals surface area contributed by atoms with Crippen molar-refractivity contribution in [3.05, 3.63) is 0 Å². The van der Waals surface area contributed by atoms with Crippen LogP contribution in [0.5, 0.6) is 0 Å². The van der Waals surface area contributed by atoms with Gasteiger partial charge in [0.2, 0.25) is 0 Å². The zero-order valence-corrected chi connectivity index (χ0v) is 8.45. The van der Waals surface area contributed by atoms with Crippen LogP contribution in [0.25, 0.3) is 0 Å². The van der Waals surface area contributed by atoms with Crippen LogP contribution in [-0.4, -0.2) is 23.0 Å². The highest BCUT2D eigenvalue weighted by atomic mass is 16.4. The number of carbonyl (C=O) groups is 2. The molecule has 0 saturated heterocycles. The van der Waals surface area contributed by atoms with Crippen LogP contribution in [-0.2, 0) is 4.79 Å². The molecule has 1 atom stereocenters. The van der Waals surface area contributed by atoms with E-state index in [0.29, 0.717) is 24.5 Å². The minimum absolute atomic E-state index is 0.00861. The quantitative estimate of drug-likeness (QED) is 0.728. The molecule has 0 radical (unpaired) electrons. The van der Waals surface area contributed by atoms with Crippen LogP contribution >= 0.6 is 0 Å². The van der Waals surface area contributed by atoms with E-state index in [2.05, 4.69) is 5.32 Å². The average Bonchev–Trinajstić information content (AvgIpc) is 2.07. The van der Waals surface area contributed by atoms with Crippen molar-refractivity contribution in [2.24, 2.45) is 5.92 Å². The average molecular weight is 199 g/mol. The molecule has 1 amide bonds. The summed E-state index contributed by atoms with van der Waals surface area (Å²) in [6, 6.07) is -0.00861. The molecule has 4 heteroatoms. The molecule has 0 aromatic carbocycles. The van der Waals surface area contributed by atoms with Crippen molar-refractivity contribution in [3.8, 4) is 0 Å². The van der Waals surface area contributed by atoms with Crippen LogP contribution in [0.2, 0.25) is 0 Å². The highest BCUT2D eigenvalue weighted by molar-refractivity contribution is 5.79. The number of ketones is 1. The molecular weight excluding hydrogens is 182 g/mol. The molecule has 14 heavy (non-hydrogen) atoms. The van der Waals surface area contributed by atoms with E-state index in [9.17, 15) is 9.59 Å². The Morgan fingerprint density at radius 3 is 2.64 bits per heavy atom. The molecule has 4 nitrogen and oxygen atoms in total. The van der Waals surface area contributed by atoms with Gasteiger partial charge in [-0.1, -0.05) is 0 Å². The lowest BCUT2D eigenvalue weighted by atomic mass is 9.84. The highest BCUT2D eigenvalue weighted by Crippen LogP contribution is 2.25. The molecule has 0 aromatic heterocycles. The Bertz CT molecular complexity index is 217. The Morgan fingerprint density at radius 2 is 2.14 bits per heavy atom. The molecule has 0 spiro atoms. The summed E-state index contributed by atoms with van der Waals surface area (Å²) in [7, 11) is 0. The number of carbonyl (C=O) groups excluding carboxylic acids is 1. The van der Waals surface area contributed by atoms with Gasteiger partial charge < -0.3 is 10.4 Å². The molecule has 0 bridgehead atoms. The molecule has 1 aliphatic rings. The Morgan fingerprint density at radius 1 is 1.57 bits per heavy atom. The largest absolute Gasteiger partial charge is 0.465 e. The number of carboxylic acid groups (broad SMARTS) is 1. The number of hydrogen-bond acceptors (Lipinski definition) is 2. The van der Waals surface area contributed by atoms with Gasteiger partial charge in [-0.05, 0) is 32.1 Å². The van der Waals surface area contributed by atoms with Gasteiger partial charge >= 0.3 is 6.09 Å². The fraction of sp³-hybridized carbons (Fsp3) is 0.800. The van der Waals surface area contributed by atoms with E-state index in [1.165, 1.54) is 0 Å². The van der Waals surface area contributed by atoms with E-state index in [4.69, 9.17) is 5.11 Å². The van der Waals surface area contributed by atoms with Gasteiger partial charge in [0.1, 0.15) is 5.78 Å². The number of rotatable bonds is 3. The maximum Gasteiger partial charge on any atom is 0.404 e. The maximum atomic E-state index is 11.0. The van der Waals surface area contributed by atoms with E-state index < -0.39 is 6.09 Å². The third-order valence-corrected chi connectivity index (χ3v) is 2.72. The summed E-state index contributed by atoms with van der Waals surface area (Å²) in [5.41, 5.74) is 0. The van der Waals surface area contributed by atoms with Gasteiger partial charge in [-0.25, -0.2) is 4.79 Å². The van der Waals surface area contributed by atoms with E-state index in [1.807, 2.05) is 6.92 Å². The smallest absolute Gasteiger partial charge is 0.404 e. The Kier molecular flexibility index (Phi) is 3.92. The fourth-order valence-corrected chi connectivity index (χ4v) is 2.00.